The molecule has 190 valence electrons. The molecule has 1 fully saturated rings. The van der Waals surface area contributed by atoms with Gasteiger partial charge in [0.15, 0.2) is 5.54 Å². The normalized spacial score (nSPS) is 18.4. The zero-order valence-corrected chi connectivity index (χ0v) is 21.1. The molecule has 0 saturated carbocycles. The van der Waals surface area contributed by atoms with Crippen molar-refractivity contribution >= 4 is 46.1 Å². The van der Waals surface area contributed by atoms with Crippen LogP contribution in [-0.2, 0) is 19.9 Å². The number of carbonyl (C=O) groups excluding carboxylic acids is 5. The molecule has 2 N–H and O–H groups in total. The largest absolute Gasteiger partial charge is 0.493 e. The molecule has 0 radical (unpaired) electrons. The van der Waals surface area contributed by atoms with E-state index >= 15 is 0 Å². The molecule has 2 aliphatic rings. The molecule has 11 nitrogen and oxygen atoms in total. The van der Waals surface area contributed by atoms with Gasteiger partial charge in [0, 0.05) is 26.1 Å². The van der Waals surface area contributed by atoms with Gasteiger partial charge in [-0.1, -0.05) is 18.2 Å². The van der Waals surface area contributed by atoms with Gasteiger partial charge in [0.2, 0.25) is 5.91 Å². The molecule has 5 amide bonds. The van der Waals surface area contributed by atoms with Crippen LogP contribution in [0, 0.1) is 6.92 Å². The molecule has 0 unspecified atom stereocenters. The highest BCUT2D eigenvalue weighted by Crippen LogP contribution is 2.41. The van der Waals surface area contributed by atoms with Crippen molar-refractivity contribution in [2.75, 3.05) is 39.2 Å². The van der Waals surface area contributed by atoms with Gasteiger partial charge in [0.1, 0.15) is 17.3 Å². The van der Waals surface area contributed by atoms with Gasteiger partial charge in [-0.05, 0) is 25.5 Å². The van der Waals surface area contributed by atoms with Crippen molar-refractivity contribution in [1.29, 1.82) is 0 Å². The minimum Gasteiger partial charge on any atom is -0.493 e. The highest BCUT2D eigenvalue weighted by atomic mass is 32.1. The third kappa shape index (κ3) is 4.17. The maximum Gasteiger partial charge on any atom is 0.341 e. The second kappa shape index (κ2) is 9.61. The van der Waals surface area contributed by atoms with Crippen LogP contribution in [0.5, 0.6) is 5.75 Å². The quantitative estimate of drug-likeness (QED) is 0.445. The number of hydrogen-bond acceptors (Lipinski definition) is 8. The lowest BCUT2D eigenvalue weighted by Crippen LogP contribution is -2.48. The van der Waals surface area contributed by atoms with Crippen LogP contribution < -0.4 is 15.4 Å². The van der Waals surface area contributed by atoms with E-state index in [0.29, 0.717) is 16.9 Å². The number of amides is 5. The lowest BCUT2D eigenvalue weighted by molar-refractivity contribution is -0.135. The Balaban J connectivity index is 1.59. The van der Waals surface area contributed by atoms with E-state index in [1.165, 1.54) is 4.90 Å². The van der Waals surface area contributed by atoms with Gasteiger partial charge in [-0.3, -0.25) is 19.3 Å². The summed E-state index contributed by atoms with van der Waals surface area (Å²) < 4.78 is 10.7. The van der Waals surface area contributed by atoms with E-state index in [2.05, 4.69) is 10.6 Å². The highest BCUT2D eigenvalue weighted by Gasteiger charge is 2.55. The van der Waals surface area contributed by atoms with Gasteiger partial charge in [0.05, 0.1) is 23.7 Å². The van der Waals surface area contributed by atoms with E-state index in [0.717, 1.165) is 16.2 Å². The fourth-order valence-corrected chi connectivity index (χ4v) is 5.52. The number of ether oxygens (including phenoxy) is 2. The first-order chi connectivity index (χ1) is 17.1. The van der Waals surface area contributed by atoms with Crippen molar-refractivity contribution in [3.63, 3.8) is 0 Å². The van der Waals surface area contributed by atoms with Gasteiger partial charge in [-0.2, -0.15) is 0 Å². The molecule has 1 aromatic heterocycles. The molecular weight excluding hydrogens is 488 g/mol. The van der Waals surface area contributed by atoms with Crippen molar-refractivity contribution < 1.29 is 33.4 Å². The summed E-state index contributed by atoms with van der Waals surface area (Å²) in [5.41, 5.74) is -0.344. The van der Waals surface area contributed by atoms with Crippen molar-refractivity contribution in [2.24, 2.45) is 0 Å². The fraction of sp³-hybridized carbons (Fsp3) is 0.375. The monoisotopic (exact) mass is 514 g/mol. The summed E-state index contributed by atoms with van der Waals surface area (Å²) in [5, 5.41) is 5.44. The van der Waals surface area contributed by atoms with Gasteiger partial charge in [-0.15, -0.1) is 11.3 Å². The Kier molecular flexibility index (Phi) is 6.72. The second-order valence-corrected chi connectivity index (χ2v) is 9.57. The Bertz CT molecular complexity index is 1270. The number of nitrogens with zero attached hydrogens (tertiary/aromatic N) is 2. The predicted molar refractivity (Wildman–Crippen MR) is 130 cm³/mol. The Hall–Kier alpha value is -3.93. The number of urea groups is 1. The minimum atomic E-state index is -1.31. The van der Waals surface area contributed by atoms with Crippen LogP contribution in [-0.4, -0.2) is 73.4 Å². The Morgan fingerprint density at radius 3 is 2.67 bits per heavy atom. The molecule has 12 heteroatoms. The number of rotatable bonds is 6. The summed E-state index contributed by atoms with van der Waals surface area (Å²) in [6.45, 7) is 2.99. The van der Waals surface area contributed by atoms with Gasteiger partial charge in [-0.25, -0.2) is 9.59 Å². The second-order valence-electron chi connectivity index (χ2n) is 8.55. The number of fused-ring (bicyclic) bond motifs is 2. The number of para-hydroxylation sites is 1. The number of esters is 1. The summed E-state index contributed by atoms with van der Waals surface area (Å²) in [6.07, 6.45) is 0.222. The standard InChI is InChI=1S/C24H26N4O7S/c1-5-34-21(31)17-13(2)18(20(30)27(3)4)36-19(17)25-16(29)12-28-22(32)24(26-23(28)33)10-11-35-15-9-7-6-8-14(15)24/h6-9H,5,10-12H2,1-4H3,(H,25,29)(H,26,33)/t24-/m1/s1. The average Bonchev–Trinajstić information content (AvgIpc) is 3.27. The summed E-state index contributed by atoms with van der Waals surface area (Å²) >= 11 is 0.932. The van der Waals surface area contributed by atoms with E-state index < -0.39 is 35.9 Å². The lowest BCUT2D eigenvalue weighted by atomic mass is 9.84. The molecule has 1 spiro atoms. The fourth-order valence-electron chi connectivity index (χ4n) is 4.28. The van der Waals surface area contributed by atoms with Crippen molar-refractivity contribution in [3.8, 4) is 5.75 Å². The van der Waals surface area contributed by atoms with Crippen LogP contribution in [0.25, 0.3) is 0 Å². The molecule has 3 heterocycles. The molecule has 4 rings (SSSR count). The van der Waals surface area contributed by atoms with Crippen LogP contribution in [0.4, 0.5) is 9.80 Å². The highest BCUT2D eigenvalue weighted by molar-refractivity contribution is 7.18. The number of carbonyl (C=O) groups is 5. The van der Waals surface area contributed by atoms with Crippen LogP contribution in [0.3, 0.4) is 0 Å². The van der Waals surface area contributed by atoms with E-state index in [1.54, 1.807) is 52.2 Å². The molecule has 2 aromatic rings. The average molecular weight is 515 g/mol. The predicted octanol–water partition coefficient (Wildman–Crippen LogP) is 2.10. The van der Waals surface area contributed by atoms with E-state index in [-0.39, 0.29) is 41.0 Å². The third-order valence-electron chi connectivity index (χ3n) is 6.04. The van der Waals surface area contributed by atoms with Crippen LogP contribution >= 0.6 is 11.3 Å². The molecular formula is C24H26N4O7S. The van der Waals surface area contributed by atoms with E-state index in [9.17, 15) is 24.0 Å². The molecule has 2 aliphatic heterocycles. The zero-order chi connectivity index (χ0) is 26.2. The first kappa shape index (κ1) is 25.2. The number of thiophene rings is 1. The molecule has 1 atom stereocenters. The Morgan fingerprint density at radius 2 is 1.97 bits per heavy atom. The smallest absolute Gasteiger partial charge is 0.341 e. The van der Waals surface area contributed by atoms with Gasteiger partial charge in [0.25, 0.3) is 11.8 Å². The summed E-state index contributed by atoms with van der Waals surface area (Å²) in [4.78, 5) is 66.9. The van der Waals surface area contributed by atoms with Crippen LogP contribution in [0.2, 0.25) is 0 Å². The number of anilines is 1. The van der Waals surface area contributed by atoms with Gasteiger partial charge < -0.3 is 25.0 Å². The molecule has 0 aliphatic carbocycles. The summed E-state index contributed by atoms with van der Waals surface area (Å²) in [5.74, 6) is -1.79. The van der Waals surface area contributed by atoms with Crippen LogP contribution in [0.15, 0.2) is 24.3 Å². The molecule has 36 heavy (non-hydrogen) atoms. The maximum absolute atomic E-state index is 13.4. The molecule has 1 saturated heterocycles. The summed E-state index contributed by atoms with van der Waals surface area (Å²) in [6, 6.07) is 6.23. The maximum atomic E-state index is 13.4. The number of benzene rings is 1. The SMILES string of the molecule is CCOC(=O)c1c(NC(=O)CN2C(=O)N[C@@]3(CCOc4ccccc43)C2=O)sc(C(=O)N(C)C)c1C. The minimum absolute atomic E-state index is 0.0624. The van der Waals surface area contributed by atoms with Gasteiger partial charge >= 0.3 is 12.0 Å². The molecule has 0 bridgehead atoms. The number of imide groups is 1. The Labute approximate surface area is 211 Å². The van der Waals surface area contributed by atoms with E-state index in [4.69, 9.17) is 9.47 Å². The van der Waals surface area contributed by atoms with E-state index in [1.807, 2.05) is 0 Å². The first-order valence-corrected chi connectivity index (χ1v) is 12.1. The Morgan fingerprint density at radius 1 is 1.25 bits per heavy atom. The third-order valence-corrected chi connectivity index (χ3v) is 7.23. The molecule has 1 aromatic carbocycles. The number of nitrogens with one attached hydrogen (secondary N) is 2. The first-order valence-electron chi connectivity index (χ1n) is 11.3. The zero-order valence-electron chi connectivity index (χ0n) is 20.3. The summed E-state index contributed by atoms with van der Waals surface area (Å²) in [7, 11) is 3.15. The number of hydrogen-bond donors (Lipinski definition) is 2. The lowest BCUT2D eigenvalue weighted by Gasteiger charge is -2.33. The van der Waals surface area contributed by atoms with Crippen molar-refractivity contribution in [2.45, 2.75) is 25.8 Å². The topological polar surface area (TPSA) is 134 Å². The van der Waals surface area contributed by atoms with Crippen molar-refractivity contribution in [3.05, 3.63) is 45.8 Å². The van der Waals surface area contributed by atoms with Crippen LogP contribution in [0.1, 0.15) is 44.5 Å². The van der Waals surface area contributed by atoms with Crippen molar-refractivity contribution in [1.82, 2.24) is 15.1 Å².